The van der Waals surface area contributed by atoms with E-state index in [0.29, 0.717) is 22.1 Å². The number of amides is 2. The van der Waals surface area contributed by atoms with Gasteiger partial charge in [-0.2, -0.15) is 0 Å². The van der Waals surface area contributed by atoms with Gasteiger partial charge in [0.05, 0.1) is 25.8 Å². The van der Waals surface area contributed by atoms with Crippen molar-refractivity contribution in [2.75, 3.05) is 26.1 Å². The molecule has 0 unspecified atom stereocenters. The molecular weight excluding hydrogens is 468 g/mol. The number of methoxy groups -OCH3 is 2. The van der Waals surface area contributed by atoms with Gasteiger partial charge in [0.25, 0.3) is 5.91 Å². The Hall–Kier alpha value is -3.85. The Bertz CT molecular complexity index is 1150. The maximum Gasteiger partial charge on any atom is 0.341 e. The van der Waals surface area contributed by atoms with Crippen LogP contribution in [-0.2, 0) is 14.3 Å². The fourth-order valence-corrected chi connectivity index (χ4v) is 4.57. The van der Waals surface area contributed by atoms with Crippen LogP contribution in [-0.4, -0.2) is 38.6 Å². The van der Waals surface area contributed by atoms with Crippen molar-refractivity contribution in [1.82, 2.24) is 5.32 Å². The highest BCUT2D eigenvalue weighted by molar-refractivity contribution is 7.16. The van der Waals surface area contributed by atoms with E-state index in [1.807, 2.05) is 55.5 Å². The van der Waals surface area contributed by atoms with Crippen molar-refractivity contribution in [3.63, 3.8) is 0 Å². The van der Waals surface area contributed by atoms with Gasteiger partial charge in [0.1, 0.15) is 16.5 Å². The Morgan fingerprint density at radius 2 is 1.40 bits per heavy atom. The van der Waals surface area contributed by atoms with Gasteiger partial charge in [-0.25, -0.2) is 4.79 Å². The maximum atomic E-state index is 12.8. The van der Waals surface area contributed by atoms with Crippen LogP contribution < -0.4 is 20.1 Å². The number of esters is 1. The average molecular weight is 497 g/mol. The minimum atomic E-state index is -0.670. The van der Waals surface area contributed by atoms with Crippen molar-refractivity contribution in [2.45, 2.75) is 26.8 Å². The molecular formula is C26H28N2O6S. The quantitative estimate of drug-likeness (QED) is 0.426. The van der Waals surface area contributed by atoms with Gasteiger partial charge < -0.3 is 24.8 Å². The third-order valence-corrected chi connectivity index (χ3v) is 6.54. The van der Waals surface area contributed by atoms with Crippen LogP contribution in [0.4, 0.5) is 5.00 Å². The van der Waals surface area contributed by atoms with E-state index >= 15 is 0 Å². The molecule has 0 atom stereocenters. The van der Waals surface area contributed by atoms with Gasteiger partial charge in [0.15, 0.2) is 6.61 Å². The van der Waals surface area contributed by atoms with Gasteiger partial charge in [0.2, 0.25) is 5.91 Å². The van der Waals surface area contributed by atoms with Crippen molar-refractivity contribution in [2.24, 2.45) is 0 Å². The molecule has 1 aromatic heterocycles. The summed E-state index contributed by atoms with van der Waals surface area (Å²) in [6.07, 6.45) is 0. The first-order valence-electron chi connectivity index (χ1n) is 10.9. The molecule has 0 aliphatic carbocycles. The van der Waals surface area contributed by atoms with Crippen molar-refractivity contribution in [3.05, 3.63) is 75.7 Å². The van der Waals surface area contributed by atoms with Crippen LogP contribution in [0.3, 0.4) is 0 Å². The number of thiophene rings is 1. The number of aryl methyl sites for hydroxylation is 1. The van der Waals surface area contributed by atoms with E-state index in [4.69, 9.17) is 14.2 Å². The van der Waals surface area contributed by atoms with Gasteiger partial charge in [-0.3, -0.25) is 9.59 Å². The second-order valence-electron chi connectivity index (χ2n) is 7.79. The number of hydrogen-bond acceptors (Lipinski definition) is 7. The molecule has 0 radical (unpaired) electrons. The maximum absolute atomic E-state index is 12.8. The minimum Gasteiger partial charge on any atom is -0.497 e. The molecule has 8 nitrogen and oxygen atoms in total. The number of carbonyl (C=O) groups excluding carboxylic acids is 3. The summed E-state index contributed by atoms with van der Waals surface area (Å²) in [6.45, 7) is 4.52. The third-order valence-electron chi connectivity index (χ3n) is 5.42. The molecule has 184 valence electrons. The predicted octanol–water partition coefficient (Wildman–Crippen LogP) is 4.40. The van der Waals surface area contributed by atoms with Gasteiger partial charge >= 0.3 is 5.97 Å². The van der Waals surface area contributed by atoms with E-state index in [2.05, 4.69) is 10.6 Å². The molecule has 1 heterocycles. The number of rotatable bonds is 9. The summed E-state index contributed by atoms with van der Waals surface area (Å²) < 4.78 is 15.8. The molecule has 0 fully saturated rings. The van der Waals surface area contributed by atoms with E-state index in [1.54, 1.807) is 21.1 Å². The largest absolute Gasteiger partial charge is 0.497 e. The second kappa shape index (κ2) is 11.5. The molecule has 3 aromatic rings. The Kier molecular flexibility index (Phi) is 8.48. The Labute approximate surface area is 208 Å². The number of benzene rings is 2. The number of anilines is 1. The lowest BCUT2D eigenvalue weighted by Crippen LogP contribution is -2.33. The molecule has 0 saturated carbocycles. The zero-order valence-corrected chi connectivity index (χ0v) is 21.1. The summed E-state index contributed by atoms with van der Waals surface area (Å²) in [5.74, 6) is -0.0468. The topological polar surface area (TPSA) is 103 Å². The molecule has 0 aliphatic heterocycles. The lowest BCUT2D eigenvalue weighted by atomic mass is 9.98. The standard InChI is InChI=1S/C26H28N2O6S/c1-15-16(2)35-25(27-17(3)29)23(15)26(31)34-14-22(30)28-24(18-6-10-20(32-4)11-7-18)19-8-12-21(33-5)13-9-19/h6-13,24H,14H2,1-5H3,(H,27,29)(H,28,30). The number of carbonyl (C=O) groups is 3. The third kappa shape index (κ3) is 6.39. The van der Waals surface area contributed by atoms with E-state index < -0.39 is 24.5 Å². The van der Waals surface area contributed by atoms with E-state index in [-0.39, 0.29) is 11.5 Å². The molecule has 0 spiro atoms. The van der Waals surface area contributed by atoms with Crippen LogP contribution in [0.15, 0.2) is 48.5 Å². The van der Waals surface area contributed by atoms with Crippen molar-refractivity contribution in [1.29, 1.82) is 0 Å². The minimum absolute atomic E-state index is 0.261. The first-order valence-corrected chi connectivity index (χ1v) is 11.7. The highest BCUT2D eigenvalue weighted by atomic mass is 32.1. The van der Waals surface area contributed by atoms with Crippen LogP contribution >= 0.6 is 11.3 Å². The van der Waals surface area contributed by atoms with Crippen molar-refractivity contribution < 1.29 is 28.6 Å². The first kappa shape index (κ1) is 25.8. The average Bonchev–Trinajstić information content (AvgIpc) is 3.13. The highest BCUT2D eigenvalue weighted by Gasteiger charge is 2.23. The summed E-state index contributed by atoms with van der Waals surface area (Å²) in [5, 5.41) is 6.00. The number of hydrogen-bond donors (Lipinski definition) is 2. The second-order valence-corrected chi connectivity index (χ2v) is 9.02. The summed E-state index contributed by atoms with van der Waals surface area (Å²) in [4.78, 5) is 38.0. The molecule has 3 rings (SSSR count). The van der Waals surface area contributed by atoms with Crippen molar-refractivity contribution in [3.8, 4) is 11.5 Å². The molecule has 0 aliphatic rings. The molecule has 9 heteroatoms. The van der Waals surface area contributed by atoms with Crippen LogP contribution in [0, 0.1) is 13.8 Å². The Morgan fingerprint density at radius 3 is 1.86 bits per heavy atom. The molecule has 2 amide bonds. The SMILES string of the molecule is COc1ccc(C(NC(=O)COC(=O)c2c(NC(C)=O)sc(C)c2C)c2ccc(OC)cc2)cc1. The van der Waals surface area contributed by atoms with Crippen LogP contribution in [0.1, 0.15) is 44.9 Å². The lowest BCUT2D eigenvalue weighted by Gasteiger charge is -2.20. The fourth-order valence-electron chi connectivity index (χ4n) is 3.48. The Morgan fingerprint density at radius 1 is 0.886 bits per heavy atom. The zero-order valence-electron chi connectivity index (χ0n) is 20.3. The predicted molar refractivity (Wildman–Crippen MR) is 134 cm³/mol. The summed E-state index contributed by atoms with van der Waals surface area (Å²) in [5.41, 5.74) is 2.62. The lowest BCUT2D eigenvalue weighted by molar-refractivity contribution is -0.124. The van der Waals surface area contributed by atoms with Crippen LogP contribution in [0.2, 0.25) is 0 Å². The first-order chi connectivity index (χ1) is 16.7. The van der Waals surface area contributed by atoms with Crippen LogP contribution in [0.5, 0.6) is 11.5 Å². The smallest absolute Gasteiger partial charge is 0.341 e. The van der Waals surface area contributed by atoms with E-state index in [0.717, 1.165) is 16.0 Å². The monoisotopic (exact) mass is 496 g/mol. The number of ether oxygens (including phenoxy) is 3. The molecule has 2 N–H and O–H groups in total. The summed E-state index contributed by atoms with van der Waals surface area (Å²) >= 11 is 1.29. The summed E-state index contributed by atoms with van der Waals surface area (Å²) in [6, 6.07) is 14.2. The van der Waals surface area contributed by atoms with Gasteiger partial charge in [-0.1, -0.05) is 24.3 Å². The van der Waals surface area contributed by atoms with E-state index in [9.17, 15) is 14.4 Å². The molecule has 2 aromatic carbocycles. The molecule has 0 saturated heterocycles. The highest BCUT2D eigenvalue weighted by Crippen LogP contribution is 2.33. The van der Waals surface area contributed by atoms with Gasteiger partial charge in [-0.05, 0) is 54.8 Å². The van der Waals surface area contributed by atoms with Gasteiger partial charge in [-0.15, -0.1) is 11.3 Å². The fraction of sp³-hybridized carbons (Fsp3) is 0.269. The summed E-state index contributed by atoms with van der Waals surface area (Å²) in [7, 11) is 3.17. The van der Waals surface area contributed by atoms with Crippen LogP contribution in [0.25, 0.3) is 0 Å². The van der Waals surface area contributed by atoms with Crippen molar-refractivity contribution >= 4 is 34.1 Å². The van der Waals surface area contributed by atoms with E-state index in [1.165, 1.54) is 18.3 Å². The normalized spacial score (nSPS) is 10.6. The van der Waals surface area contributed by atoms with Gasteiger partial charge in [0, 0.05) is 11.8 Å². The molecule has 0 bridgehead atoms. The zero-order chi connectivity index (χ0) is 25.5. The Balaban J connectivity index is 1.76. The number of nitrogens with one attached hydrogen (secondary N) is 2. The molecule has 35 heavy (non-hydrogen) atoms.